The summed E-state index contributed by atoms with van der Waals surface area (Å²) in [5.41, 5.74) is 0. The molecule has 3 nitrogen and oxygen atoms in total. The van der Waals surface area contributed by atoms with Crippen LogP contribution >= 0.6 is 0 Å². The highest BCUT2D eigenvalue weighted by atomic mass is 16.3. The molecule has 0 aliphatic carbocycles. The van der Waals surface area contributed by atoms with Crippen LogP contribution in [0.4, 0.5) is 0 Å². The van der Waals surface area contributed by atoms with Crippen LogP contribution in [0.25, 0.3) is 0 Å². The van der Waals surface area contributed by atoms with Gasteiger partial charge in [-0.2, -0.15) is 0 Å². The van der Waals surface area contributed by atoms with Crippen LogP contribution in [0.15, 0.2) is 18.7 Å². The van der Waals surface area contributed by atoms with Gasteiger partial charge in [-0.1, -0.05) is 13.3 Å². The highest BCUT2D eigenvalue weighted by Crippen LogP contribution is 1.92. The van der Waals surface area contributed by atoms with Crippen LogP contribution in [0.2, 0.25) is 0 Å². The second-order valence-electron chi connectivity index (χ2n) is 2.97. The standard InChI is InChI=1S/C9H17N2O/c1-2-3-4-10-5-6-11(9-10)7-8-12/h5-6,9,12H,2-4,7-8H2,1H3/q+1. The van der Waals surface area contributed by atoms with E-state index in [1.807, 2.05) is 23.3 Å². The minimum absolute atomic E-state index is 0.211. The van der Waals surface area contributed by atoms with Gasteiger partial charge in [0.25, 0.3) is 0 Å². The van der Waals surface area contributed by atoms with Crippen molar-refractivity contribution in [3.8, 4) is 0 Å². The van der Waals surface area contributed by atoms with Crippen molar-refractivity contribution in [2.45, 2.75) is 32.9 Å². The number of rotatable bonds is 5. The van der Waals surface area contributed by atoms with Crippen LogP contribution < -0.4 is 4.57 Å². The molecule has 0 aliphatic heterocycles. The van der Waals surface area contributed by atoms with Crippen LogP contribution in [0.5, 0.6) is 0 Å². The third kappa shape index (κ3) is 2.66. The fourth-order valence-corrected chi connectivity index (χ4v) is 1.16. The molecular weight excluding hydrogens is 152 g/mol. The first kappa shape index (κ1) is 9.26. The van der Waals surface area contributed by atoms with E-state index in [1.165, 1.54) is 12.8 Å². The molecule has 0 saturated carbocycles. The number of aliphatic hydroxyl groups is 1. The smallest absolute Gasteiger partial charge is 0.243 e. The lowest BCUT2D eigenvalue weighted by molar-refractivity contribution is -0.697. The van der Waals surface area contributed by atoms with Gasteiger partial charge in [-0.05, 0) is 6.42 Å². The molecule has 0 fully saturated rings. The average Bonchev–Trinajstić information content (AvgIpc) is 2.50. The van der Waals surface area contributed by atoms with E-state index < -0.39 is 0 Å². The SMILES string of the molecule is CCCCn1cc[n+](CCO)c1. The van der Waals surface area contributed by atoms with E-state index in [2.05, 4.69) is 11.5 Å². The Morgan fingerprint density at radius 2 is 2.33 bits per heavy atom. The van der Waals surface area contributed by atoms with Gasteiger partial charge in [0.2, 0.25) is 6.33 Å². The van der Waals surface area contributed by atoms with Crippen molar-refractivity contribution >= 4 is 0 Å². The van der Waals surface area contributed by atoms with Gasteiger partial charge in [-0.25, -0.2) is 9.13 Å². The van der Waals surface area contributed by atoms with Gasteiger partial charge in [0.15, 0.2) is 0 Å². The molecular formula is C9H17N2O+. The van der Waals surface area contributed by atoms with E-state index in [1.54, 1.807) is 0 Å². The third-order valence-corrected chi connectivity index (χ3v) is 1.87. The van der Waals surface area contributed by atoms with Gasteiger partial charge in [0.1, 0.15) is 18.9 Å². The molecule has 0 unspecified atom stereocenters. The monoisotopic (exact) mass is 169 g/mol. The van der Waals surface area contributed by atoms with Gasteiger partial charge in [0.05, 0.1) is 13.2 Å². The predicted octanol–water partition coefficient (Wildman–Crippen LogP) is 0.568. The number of hydrogen-bond acceptors (Lipinski definition) is 1. The molecule has 1 heterocycles. The van der Waals surface area contributed by atoms with Crippen molar-refractivity contribution in [3.05, 3.63) is 18.7 Å². The van der Waals surface area contributed by atoms with Crippen molar-refractivity contribution in [1.29, 1.82) is 0 Å². The highest BCUT2D eigenvalue weighted by molar-refractivity contribution is 4.65. The fraction of sp³-hybridized carbons (Fsp3) is 0.667. The van der Waals surface area contributed by atoms with Crippen LogP contribution in [0, 0.1) is 0 Å². The summed E-state index contributed by atoms with van der Waals surface area (Å²) >= 11 is 0. The van der Waals surface area contributed by atoms with Gasteiger partial charge >= 0.3 is 0 Å². The summed E-state index contributed by atoms with van der Waals surface area (Å²) in [5.74, 6) is 0. The van der Waals surface area contributed by atoms with E-state index in [4.69, 9.17) is 5.11 Å². The Morgan fingerprint density at radius 3 is 3.00 bits per heavy atom. The Hall–Kier alpha value is -0.830. The lowest BCUT2D eigenvalue weighted by atomic mass is 10.3. The quantitative estimate of drug-likeness (QED) is 0.641. The zero-order valence-corrected chi connectivity index (χ0v) is 7.61. The van der Waals surface area contributed by atoms with E-state index in [0.29, 0.717) is 6.54 Å². The summed E-state index contributed by atoms with van der Waals surface area (Å²) in [4.78, 5) is 0. The van der Waals surface area contributed by atoms with E-state index in [-0.39, 0.29) is 6.61 Å². The number of imidazole rings is 1. The summed E-state index contributed by atoms with van der Waals surface area (Å²) in [6.07, 6.45) is 8.51. The minimum Gasteiger partial charge on any atom is -0.392 e. The van der Waals surface area contributed by atoms with Gasteiger partial charge < -0.3 is 5.11 Å². The second kappa shape index (κ2) is 4.93. The van der Waals surface area contributed by atoms with Crippen molar-refractivity contribution in [3.63, 3.8) is 0 Å². The predicted molar refractivity (Wildman–Crippen MR) is 46.6 cm³/mol. The Bertz CT molecular complexity index is 220. The first-order chi connectivity index (χ1) is 5.86. The molecule has 0 bridgehead atoms. The molecule has 1 rings (SSSR count). The molecule has 12 heavy (non-hydrogen) atoms. The molecule has 1 aromatic rings. The molecule has 1 aromatic heterocycles. The Morgan fingerprint density at radius 1 is 1.50 bits per heavy atom. The first-order valence-corrected chi connectivity index (χ1v) is 4.52. The van der Waals surface area contributed by atoms with Crippen molar-refractivity contribution in [1.82, 2.24) is 4.57 Å². The Kier molecular flexibility index (Phi) is 3.80. The topological polar surface area (TPSA) is 29.0 Å². The third-order valence-electron chi connectivity index (χ3n) is 1.87. The molecule has 0 atom stereocenters. The molecule has 0 amide bonds. The molecule has 0 spiro atoms. The van der Waals surface area contributed by atoms with Gasteiger partial charge in [-0.15, -0.1) is 0 Å². The van der Waals surface area contributed by atoms with Crippen molar-refractivity contribution < 1.29 is 9.67 Å². The van der Waals surface area contributed by atoms with E-state index in [9.17, 15) is 0 Å². The molecule has 68 valence electrons. The number of aryl methyl sites for hydroxylation is 1. The molecule has 1 N–H and O–H groups in total. The summed E-state index contributed by atoms with van der Waals surface area (Å²) in [6, 6.07) is 0. The summed E-state index contributed by atoms with van der Waals surface area (Å²) in [5, 5.41) is 8.67. The minimum atomic E-state index is 0.211. The van der Waals surface area contributed by atoms with Crippen LogP contribution in [-0.4, -0.2) is 16.3 Å². The highest BCUT2D eigenvalue weighted by Gasteiger charge is 2.00. The maximum Gasteiger partial charge on any atom is 0.243 e. The number of aromatic nitrogens is 2. The normalized spacial score (nSPS) is 10.5. The lowest BCUT2D eigenvalue weighted by Gasteiger charge is -1.92. The van der Waals surface area contributed by atoms with Crippen molar-refractivity contribution in [2.24, 2.45) is 0 Å². The van der Waals surface area contributed by atoms with Crippen LogP contribution in [0.3, 0.4) is 0 Å². The molecule has 0 aliphatic rings. The number of nitrogens with zero attached hydrogens (tertiary/aromatic N) is 2. The Balaban J connectivity index is 2.41. The molecule has 3 heteroatoms. The number of hydrogen-bond donors (Lipinski definition) is 1. The van der Waals surface area contributed by atoms with Crippen LogP contribution in [-0.2, 0) is 13.1 Å². The van der Waals surface area contributed by atoms with E-state index in [0.717, 1.165) is 6.54 Å². The largest absolute Gasteiger partial charge is 0.392 e. The average molecular weight is 169 g/mol. The summed E-state index contributed by atoms with van der Waals surface area (Å²) in [7, 11) is 0. The van der Waals surface area contributed by atoms with Crippen molar-refractivity contribution in [2.75, 3.05) is 6.61 Å². The zero-order chi connectivity index (χ0) is 8.81. The van der Waals surface area contributed by atoms with Gasteiger partial charge in [-0.3, -0.25) is 0 Å². The number of aliphatic hydroxyl groups excluding tert-OH is 1. The zero-order valence-electron chi connectivity index (χ0n) is 7.61. The van der Waals surface area contributed by atoms with Crippen LogP contribution in [0.1, 0.15) is 19.8 Å². The van der Waals surface area contributed by atoms with Gasteiger partial charge in [0, 0.05) is 0 Å². The summed E-state index contributed by atoms with van der Waals surface area (Å²) in [6.45, 7) is 4.17. The fourth-order valence-electron chi connectivity index (χ4n) is 1.16. The first-order valence-electron chi connectivity index (χ1n) is 4.52. The Labute approximate surface area is 73.3 Å². The molecule has 0 saturated heterocycles. The maximum absolute atomic E-state index is 8.67. The molecule has 0 aromatic carbocycles. The summed E-state index contributed by atoms with van der Waals surface area (Å²) < 4.78 is 4.15. The number of unbranched alkanes of at least 4 members (excludes halogenated alkanes) is 1. The van der Waals surface area contributed by atoms with E-state index >= 15 is 0 Å². The lowest BCUT2D eigenvalue weighted by Crippen LogP contribution is -2.32. The second-order valence-corrected chi connectivity index (χ2v) is 2.97. The molecule has 0 radical (unpaired) electrons. The maximum atomic E-state index is 8.67.